The molecule has 1 aromatic carbocycles. The first-order valence-corrected chi connectivity index (χ1v) is 7.00. The number of carbonyl (C=O) groups is 1. The summed E-state index contributed by atoms with van der Waals surface area (Å²) in [6, 6.07) is 7.12. The van der Waals surface area contributed by atoms with E-state index in [4.69, 9.17) is 5.73 Å². The Balaban J connectivity index is 2.31. The van der Waals surface area contributed by atoms with Crippen molar-refractivity contribution in [3.63, 3.8) is 0 Å². The van der Waals surface area contributed by atoms with Crippen molar-refractivity contribution >= 4 is 16.5 Å². The zero-order valence-electron chi connectivity index (χ0n) is 8.80. The molecule has 1 fully saturated rings. The molecule has 0 bridgehead atoms. The summed E-state index contributed by atoms with van der Waals surface area (Å²) in [5.41, 5.74) is 6.62. The summed E-state index contributed by atoms with van der Waals surface area (Å²) in [7, 11) is -2.44. The molecule has 1 aliphatic heterocycles. The third kappa shape index (κ3) is 2.21. The first-order valence-electron chi connectivity index (χ1n) is 5.12. The zero-order valence-corrected chi connectivity index (χ0v) is 9.61. The van der Waals surface area contributed by atoms with Crippen molar-refractivity contribution in [3.05, 3.63) is 35.4 Å². The topological polar surface area (TPSA) is 83.6 Å². The number of hydrogen-bond acceptors (Lipinski definition) is 3. The fourth-order valence-corrected chi connectivity index (χ4v) is 3.96. The Morgan fingerprint density at radius 1 is 1.38 bits per heavy atom. The van der Waals surface area contributed by atoms with Gasteiger partial charge < -0.3 is 5.73 Å². The first-order chi connectivity index (χ1) is 7.49. The van der Waals surface area contributed by atoms with Gasteiger partial charge in [0.25, 0.3) is 0 Å². The van der Waals surface area contributed by atoms with Crippen molar-refractivity contribution in [2.24, 2.45) is 5.73 Å². The molecular weight excluding hydrogens is 226 g/mol. The lowest BCUT2D eigenvalue weighted by Gasteiger charge is -2.26. The summed E-state index contributed by atoms with van der Waals surface area (Å²) >= 11 is 0. The summed E-state index contributed by atoms with van der Waals surface area (Å²) in [5.74, 6) is 0.342. The summed E-state index contributed by atoms with van der Waals surface area (Å²) in [5, 5.41) is 0. The van der Waals surface area contributed by atoms with Crippen LogP contribution in [0.15, 0.2) is 24.3 Å². The number of primary amides is 1. The van der Waals surface area contributed by atoms with E-state index in [0.717, 1.165) is 5.56 Å². The number of nitrogens with two attached hydrogens (primary N) is 1. The minimum Gasteiger partial charge on any atom is -0.366 e. The molecule has 1 aromatic rings. The fraction of sp³-hybridized carbons (Fsp3) is 0.364. The molecule has 1 atom stereocenters. The van der Waals surface area contributed by atoms with Gasteiger partial charge in [-0.05, 0) is 18.1 Å². The van der Waals surface area contributed by atoms with Gasteiger partial charge in [-0.25, -0.2) is 0 Å². The van der Waals surface area contributed by atoms with Gasteiger partial charge in [0.05, 0.1) is 0 Å². The molecule has 16 heavy (non-hydrogen) atoms. The highest BCUT2D eigenvalue weighted by molar-refractivity contribution is 8.24. The lowest BCUT2D eigenvalue weighted by molar-refractivity contribution is 0.0999. The molecule has 2 rings (SSSR count). The Morgan fingerprint density at radius 3 is 2.62 bits per heavy atom. The lowest BCUT2D eigenvalue weighted by atomic mass is 9.93. The Labute approximate surface area is 95.8 Å². The van der Waals surface area contributed by atoms with Crippen LogP contribution >= 0.6 is 10.6 Å². The van der Waals surface area contributed by atoms with Crippen LogP contribution in [0.3, 0.4) is 0 Å². The second-order valence-electron chi connectivity index (χ2n) is 4.11. The maximum Gasteiger partial charge on any atom is 0.248 e. The Bertz CT molecular complexity index is 419. The van der Waals surface area contributed by atoms with Gasteiger partial charge in [0.2, 0.25) is 5.91 Å². The first kappa shape index (κ1) is 11.4. The summed E-state index contributed by atoms with van der Waals surface area (Å²) in [6.45, 7) is 0. The maximum absolute atomic E-state index is 11.2. The molecule has 0 radical (unpaired) electrons. The molecular formula is C11H15NO3S. The van der Waals surface area contributed by atoms with Gasteiger partial charge in [-0.3, -0.25) is 13.9 Å². The molecule has 4 nitrogen and oxygen atoms in total. The summed E-state index contributed by atoms with van der Waals surface area (Å²) in [6.07, 6.45) is 0.701. The highest BCUT2D eigenvalue weighted by Gasteiger charge is 2.31. The number of amides is 1. The molecule has 0 aliphatic carbocycles. The predicted octanol–water partition coefficient (Wildman–Crippen LogP) is 2.02. The molecule has 1 saturated heterocycles. The second kappa shape index (κ2) is 4.08. The molecule has 0 saturated carbocycles. The highest BCUT2D eigenvalue weighted by Crippen LogP contribution is 2.51. The van der Waals surface area contributed by atoms with Gasteiger partial charge in [-0.15, -0.1) is 0 Å². The Morgan fingerprint density at radius 2 is 2.06 bits per heavy atom. The predicted molar refractivity (Wildman–Crippen MR) is 64.9 cm³/mol. The second-order valence-corrected chi connectivity index (χ2v) is 6.46. The Hall–Kier alpha value is -1.04. The van der Waals surface area contributed by atoms with E-state index in [0.29, 0.717) is 23.5 Å². The zero-order chi connectivity index (χ0) is 11.8. The molecule has 88 valence electrons. The van der Waals surface area contributed by atoms with Crippen LogP contribution < -0.4 is 5.73 Å². The van der Waals surface area contributed by atoms with Crippen LogP contribution in [0, 0.1) is 0 Å². The molecule has 0 aromatic heterocycles. The lowest BCUT2D eigenvalue weighted by Crippen LogP contribution is -2.15. The van der Waals surface area contributed by atoms with E-state index in [9.17, 15) is 13.9 Å². The molecule has 1 heterocycles. The van der Waals surface area contributed by atoms with Gasteiger partial charge in [0, 0.05) is 23.0 Å². The molecule has 4 N–H and O–H groups in total. The standard InChI is InChI=1S/C11H15NO3S/c12-11(13)10-4-2-1-3-9(10)8-5-6-16(14,15)7-8/h1-4,8,14-15H,5-7H2,(H2,12,13). The van der Waals surface area contributed by atoms with Crippen molar-refractivity contribution in [1.29, 1.82) is 0 Å². The van der Waals surface area contributed by atoms with Crippen LogP contribution in [0.2, 0.25) is 0 Å². The molecule has 1 unspecified atom stereocenters. The number of rotatable bonds is 2. The van der Waals surface area contributed by atoms with Crippen LogP contribution in [-0.4, -0.2) is 26.5 Å². The van der Waals surface area contributed by atoms with E-state index in [-0.39, 0.29) is 5.92 Å². The molecule has 5 heteroatoms. The summed E-state index contributed by atoms with van der Waals surface area (Å²) in [4.78, 5) is 11.2. The third-order valence-corrected chi connectivity index (χ3v) is 4.75. The van der Waals surface area contributed by atoms with Gasteiger partial charge in [0.15, 0.2) is 0 Å². The van der Waals surface area contributed by atoms with Crippen LogP contribution in [0.25, 0.3) is 0 Å². The van der Waals surface area contributed by atoms with Gasteiger partial charge >= 0.3 is 0 Å². The van der Waals surface area contributed by atoms with Crippen molar-refractivity contribution in [2.75, 3.05) is 11.5 Å². The van der Waals surface area contributed by atoms with E-state index in [2.05, 4.69) is 0 Å². The summed E-state index contributed by atoms with van der Waals surface area (Å²) < 4.78 is 19.2. The van der Waals surface area contributed by atoms with Crippen LogP contribution in [0.4, 0.5) is 0 Å². The van der Waals surface area contributed by atoms with Gasteiger partial charge in [-0.2, -0.15) is 10.6 Å². The van der Waals surface area contributed by atoms with Crippen molar-refractivity contribution < 1.29 is 13.9 Å². The smallest absolute Gasteiger partial charge is 0.248 e. The molecule has 1 amide bonds. The molecule has 0 spiro atoms. The van der Waals surface area contributed by atoms with E-state index < -0.39 is 16.5 Å². The number of benzene rings is 1. The minimum atomic E-state index is -2.44. The van der Waals surface area contributed by atoms with Crippen LogP contribution in [-0.2, 0) is 0 Å². The quantitative estimate of drug-likeness (QED) is 0.740. The van der Waals surface area contributed by atoms with Crippen molar-refractivity contribution in [1.82, 2.24) is 0 Å². The largest absolute Gasteiger partial charge is 0.366 e. The maximum atomic E-state index is 11.2. The molecule has 1 aliphatic rings. The van der Waals surface area contributed by atoms with Crippen LogP contribution in [0.5, 0.6) is 0 Å². The van der Waals surface area contributed by atoms with Crippen LogP contribution in [0.1, 0.15) is 28.3 Å². The fourth-order valence-electron chi connectivity index (χ4n) is 2.14. The van der Waals surface area contributed by atoms with Crippen molar-refractivity contribution in [3.8, 4) is 0 Å². The average Bonchev–Trinajstić information content (AvgIpc) is 2.59. The average molecular weight is 241 g/mol. The Kier molecular flexibility index (Phi) is 2.92. The monoisotopic (exact) mass is 241 g/mol. The van der Waals surface area contributed by atoms with Gasteiger partial charge in [0.1, 0.15) is 0 Å². The van der Waals surface area contributed by atoms with E-state index in [1.54, 1.807) is 12.1 Å². The third-order valence-electron chi connectivity index (χ3n) is 2.93. The number of carbonyl (C=O) groups excluding carboxylic acids is 1. The minimum absolute atomic E-state index is 0.0358. The van der Waals surface area contributed by atoms with E-state index in [1.165, 1.54) is 0 Å². The van der Waals surface area contributed by atoms with Crippen molar-refractivity contribution in [2.45, 2.75) is 12.3 Å². The van der Waals surface area contributed by atoms with Gasteiger partial charge in [-0.1, -0.05) is 18.2 Å². The SMILES string of the molecule is NC(=O)c1ccccc1C1CCS(O)(O)C1. The highest BCUT2D eigenvalue weighted by atomic mass is 32.3. The number of hydrogen-bond donors (Lipinski definition) is 3. The normalized spacial score (nSPS) is 25.2. The van der Waals surface area contributed by atoms with E-state index in [1.807, 2.05) is 12.1 Å². The van der Waals surface area contributed by atoms with E-state index >= 15 is 0 Å².